The number of nitrogens with two attached hydrogens (primary N) is 1. The number of alkyl halides is 6. The van der Waals surface area contributed by atoms with Crippen molar-refractivity contribution in [2.75, 3.05) is 11.1 Å². The highest BCUT2D eigenvalue weighted by atomic mass is 19.4. The number of allylic oxidation sites excluding steroid dienone is 1. The molecule has 4 heterocycles. The molecule has 1 aliphatic heterocycles. The van der Waals surface area contributed by atoms with E-state index < -0.39 is 65.0 Å². The molecule has 186 valence electrons. The predicted molar refractivity (Wildman–Crippen MR) is 110 cm³/mol. The molecule has 0 aromatic carbocycles. The number of nitrogen functional groups attached to an aromatic ring is 1. The number of pyridine rings is 2. The van der Waals surface area contributed by atoms with Crippen LogP contribution in [0.5, 0.6) is 0 Å². The summed E-state index contributed by atoms with van der Waals surface area (Å²) >= 11 is 0. The van der Waals surface area contributed by atoms with Crippen molar-refractivity contribution >= 4 is 11.5 Å². The van der Waals surface area contributed by atoms with Crippen LogP contribution in [0.15, 0.2) is 47.0 Å². The van der Waals surface area contributed by atoms with Gasteiger partial charge in [0.05, 0.1) is 23.0 Å². The van der Waals surface area contributed by atoms with Gasteiger partial charge in [-0.3, -0.25) is 4.98 Å². The highest BCUT2D eigenvalue weighted by Crippen LogP contribution is 2.44. The summed E-state index contributed by atoms with van der Waals surface area (Å²) in [6, 6.07) is 4.57. The lowest BCUT2D eigenvalue weighted by Crippen LogP contribution is -2.42. The fourth-order valence-electron chi connectivity index (χ4n) is 3.53. The summed E-state index contributed by atoms with van der Waals surface area (Å²) in [6.45, 7) is 0. The van der Waals surface area contributed by atoms with Crippen LogP contribution in [-0.2, 0) is 11.8 Å². The van der Waals surface area contributed by atoms with Crippen LogP contribution in [0, 0.1) is 0 Å². The Morgan fingerprint density at radius 1 is 1.11 bits per heavy atom. The van der Waals surface area contributed by atoms with Gasteiger partial charge in [-0.1, -0.05) is 18.2 Å². The number of nitrogens with one attached hydrogen (secondary N) is 1. The molecule has 0 radical (unpaired) electrons. The fraction of sp³-hybridized carbons (Fsp3) is 0.333. The minimum atomic E-state index is -5.18. The number of hydrogen-bond donors (Lipinski definition) is 3. The number of fused-ring (bicyclic) bond motifs is 5. The van der Waals surface area contributed by atoms with Gasteiger partial charge in [0.2, 0.25) is 5.60 Å². The zero-order valence-electron chi connectivity index (χ0n) is 17.7. The third-order valence-corrected chi connectivity index (χ3v) is 5.37. The molecule has 3 aromatic heterocycles. The van der Waals surface area contributed by atoms with Crippen LogP contribution in [0.1, 0.15) is 42.5 Å². The maximum Gasteiger partial charge on any atom is 0.426 e. The molecule has 8 nitrogen and oxygen atoms in total. The van der Waals surface area contributed by atoms with Gasteiger partial charge in [0, 0.05) is 6.20 Å². The summed E-state index contributed by atoms with van der Waals surface area (Å²) in [5.74, 6) is -2.51. The highest BCUT2D eigenvalue weighted by Gasteiger charge is 2.58. The van der Waals surface area contributed by atoms with Gasteiger partial charge >= 0.3 is 12.4 Å². The summed E-state index contributed by atoms with van der Waals surface area (Å²) in [5, 5.41) is 19.9. The standard InChI is InChI=1S/C21H18F6N6O2/c22-20(23,24)11-10-12(28)15-17-32-33-18(35-17)19(34,21(25,26)27)8-4-1-2-7-14(30-16(11)31-15)13-6-3-5-9-29-13/h1-3,5-6,9-10,14,34H,4,7-8,28H2,(H,30,31)/t14?,19-/m1/s1. The molecule has 1 aliphatic rings. The van der Waals surface area contributed by atoms with E-state index in [1.54, 1.807) is 18.2 Å². The molecular weight excluding hydrogens is 482 g/mol. The predicted octanol–water partition coefficient (Wildman–Crippen LogP) is 4.77. The van der Waals surface area contributed by atoms with Gasteiger partial charge in [0.15, 0.2) is 5.69 Å². The summed E-state index contributed by atoms with van der Waals surface area (Å²) in [4.78, 5) is 8.05. The molecule has 0 spiro atoms. The van der Waals surface area contributed by atoms with Crippen molar-refractivity contribution in [1.82, 2.24) is 20.2 Å². The number of rotatable bonds is 1. The number of aliphatic hydroxyl groups is 1. The Kier molecular flexibility index (Phi) is 6.17. The van der Waals surface area contributed by atoms with Crippen LogP contribution in [0.3, 0.4) is 0 Å². The number of anilines is 2. The van der Waals surface area contributed by atoms with E-state index in [1.807, 2.05) is 0 Å². The summed E-state index contributed by atoms with van der Waals surface area (Å²) < 4.78 is 87.7. The van der Waals surface area contributed by atoms with Crippen molar-refractivity contribution in [3.8, 4) is 11.6 Å². The quantitative estimate of drug-likeness (QED) is 0.323. The summed E-state index contributed by atoms with van der Waals surface area (Å²) in [6.07, 6.45) is -6.79. The van der Waals surface area contributed by atoms with Gasteiger partial charge < -0.3 is 20.6 Å². The highest BCUT2D eigenvalue weighted by molar-refractivity contribution is 5.71. The fourth-order valence-corrected chi connectivity index (χ4v) is 3.53. The zero-order valence-corrected chi connectivity index (χ0v) is 17.7. The Hall–Kier alpha value is -3.68. The van der Waals surface area contributed by atoms with E-state index in [4.69, 9.17) is 10.2 Å². The van der Waals surface area contributed by atoms with Crippen molar-refractivity contribution in [3.63, 3.8) is 0 Å². The van der Waals surface area contributed by atoms with Crippen molar-refractivity contribution in [3.05, 3.63) is 59.8 Å². The Balaban J connectivity index is 1.91. The van der Waals surface area contributed by atoms with E-state index in [0.717, 1.165) is 0 Å². The van der Waals surface area contributed by atoms with Crippen LogP contribution in [-0.4, -0.2) is 31.4 Å². The lowest BCUT2D eigenvalue weighted by molar-refractivity contribution is -0.276. The molecule has 2 atom stereocenters. The first-order valence-electron chi connectivity index (χ1n) is 10.2. The third-order valence-electron chi connectivity index (χ3n) is 5.37. The van der Waals surface area contributed by atoms with Crippen LogP contribution in [0.4, 0.5) is 37.8 Å². The lowest BCUT2D eigenvalue weighted by Gasteiger charge is -2.26. The van der Waals surface area contributed by atoms with Crippen LogP contribution in [0.25, 0.3) is 11.6 Å². The topological polar surface area (TPSA) is 123 Å². The van der Waals surface area contributed by atoms with Crippen LogP contribution >= 0.6 is 0 Å². The minimum Gasteiger partial charge on any atom is -0.416 e. The van der Waals surface area contributed by atoms with E-state index in [0.29, 0.717) is 11.8 Å². The van der Waals surface area contributed by atoms with E-state index in [-0.39, 0.29) is 12.8 Å². The number of hydrogen-bond acceptors (Lipinski definition) is 8. The van der Waals surface area contributed by atoms with E-state index in [1.165, 1.54) is 18.3 Å². The average molecular weight is 500 g/mol. The first-order valence-corrected chi connectivity index (χ1v) is 10.2. The smallest absolute Gasteiger partial charge is 0.416 e. The number of nitrogens with zero attached hydrogens (tertiary/aromatic N) is 4. The van der Waals surface area contributed by atoms with Gasteiger partial charge in [-0.05, 0) is 37.5 Å². The molecule has 35 heavy (non-hydrogen) atoms. The SMILES string of the molecule is Nc1cc(C(F)(F)F)c2nc1-c1nnc(o1)[C@@](O)(C(F)(F)F)CCC=CCC(c1ccccn1)N2. The third kappa shape index (κ3) is 4.78. The van der Waals surface area contributed by atoms with Crippen molar-refractivity contribution < 1.29 is 35.9 Å². The van der Waals surface area contributed by atoms with Gasteiger partial charge in [-0.15, -0.1) is 10.2 Å². The molecule has 0 aliphatic carbocycles. The van der Waals surface area contributed by atoms with Crippen molar-refractivity contribution in [1.29, 1.82) is 0 Å². The van der Waals surface area contributed by atoms with E-state index >= 15 is 0 Å². The molecule has 1 unspecified atom stereocenters. The van der Waals surface area contributed by atoms with Gasteiger partial charge in [-0.2, -0.15) is 26.3 Å². The molecule has 14 heteroatoms. The molecule has 4 N–H and O–H groups in total. The zero-order chi connectivity index (χ0) is 25.4. The lowest BCUT2D eigenvalue weighted by atomic mass is 9.96. The second-order valence-corrected chi connectivity index (χ2v) is 7.79. The molecule has 3 aromatic rings. The van der Waals surface area contributed by atoms with Crippen LogP contribution < -0.4 is 11.1 Å². The first-order chi connectivity index (χ1) is 16.4. The molecule has 4 bridgehead atoms. The number of halogens is 6. The van der Waals surface area contributed by atoms with E-state index in [2.05, 4.69) is 25.5 Å². The normalized spacial score (nSPS) is 21.3. The van der Waals surface area contributed by atoms with Gasteiger partial charge in [0.1, 0.15) is 5.82 Å². The second-order valence-electron chi connectivity index (χ2n) is 7.79. The van der Waals surface area contributed by atoms with Crippen molar-refractivity contribution in [2.45, 2.75) is 43.3 Å². The molecular formula is C21H18F6N6O2. The molecule has 4 rings (SSSR count). The molecule has 0 saturated carbocycles. The molecule has 0 amide bonds. The Morgan fingerprint density at radius 2 is 1.89 bits per heavy atom. The van der Waals surface area contributed by atoms with Gasteiger partial charge in [-0.25, -0.2) is 4.98 Å². The van der Waals surface area contributed by atoms with Gasteiger partial charge in [0.25, 0.3) is 11.8 Å². The largest absolute Gasteiger partial charge is 0.426 e. The second kappa shape index (κ2) is 8.83. The van der Waals surface area contributed by atoms with Crippen molar-refractivity contribution in [2.24, 2.45) is 0 Å². The monoisotopic (exact) mass is 500 g/mol. The number of aromatic nitrogens is 4. The van der Waals surface area contributed by atoms with Crippen LogP contribution in [0.2, 0.25) is 0 Å². The Labute approximate surface area is 193 Å². The summed E-state index contributed by atoms with van der Waals surface area (Å²) in [5.41, 5.74) is 0.373. The minimum absolute atomic E-state index is 0.0541. The Morgan fingerprint density at radius 3 is 2.54 bits per heavy atom. The van der Waals surface area contributed by atoms with E-state index in [9.17, 15) is 31.4 Å². The maximum absolute atomic E-state index is 13.8. The molecule has 0 fully saturated rings. The maximum atomic E-state index is 13.8. The summed E-state index contributed by atoms with van der Waals surface area (Å²) in [7, 11) is 0. The Bertz CT molecular complexity index is 1230. The molecule has 0 saturated heterocycles. The first kappa shape index (κ1) is 24.4. The average Bonchev–Trinajstić information content (AvgIpc) is 3.27.